The normalized spacial score (nSPS) is 41.5. The van der Waals surface area contributed by atoms with Gasteiger partial charge in [0.05, 0.1) is 0 Å². The van der Waals surface area contributed by atoms with Crippen LogP contribution >= 0.6 is 0 Å². The minimum absolute atomic E-state index is 0.0408. The molecular formula is C20H28HfSi. The van der Waals surface area contributed by atoms with Gasteiger partial charge in [-0.25, -0.2) is 0 Å². The van der Waals surface area contributed by atoms with Crippen LogP contribution in [0.15, 0.2) is 48.6 Å². The molecule has 2 fully saturated rings. The summed E-state index contributed by atoms with van der Waals surface area (Å²) in [4.78, 5) is 0. The van der Waals surface area contributed by atoms with Gasteiger partial charge in [0.2, 0.25) is 0 Å². The van der Waals surface area contributed by atoms with E-state index in [-0.39, 0.29) is 5.49 Å². The van der Waals surface area contributed by atoms with E-state index < -0.39 is 20.1 Å². The molecule has 0 amide bonds. The third-order valence-electron chi connectivity index (χ3n) is 6.52. The first-order chi connectivity index (χ1) is 10.8. The van der Waals surface area contributed by atoms with E-state index in [2.05, 4.69) is 61.7 Å². The Labute approximate surface area is 143 Å². The molecule has 2 saturated carbocycles. The van der Waals surface area contributed by atoms with Crippen molar-refractivity contribution in [2.24, 2.45) is 23.7 Å². The third kappa shape index (κ3) is 2.68. The number of allylic oxidation sites excluding steroid dienone is 8. The van der Waals surface area contributed by atoms with Crippen LogP contribution < -0.4 is 0 Å². The average molecular weight is 475 g/mol. The summed E-state index contributed by atoms with van der Waals surface area (Å²) in [6, 6.07) is 0. The Morgan fingerprint density at radius 3 is 1.59 bits per heavy atom. The van der Waals surface area contributed by atoms with Gasteiger partial charge in [-0.15, -0.1) is 0 Å². The van der Waals surface area contributed by atoms with Crippen LogP contribution in [0.2, 0.25) is 20.4 Å². The number of hydrogen-bond donors (Lipinski definition) is 0. The van der Waals surface area contributed by atoms with Crippen LogP contribution in [0.5, 0.6) is 0 Å². The molecule has 0 aromatic carbocycles. The van der Waals surface area contributed by atoms with Crippen molar-refractivity contribution in [3.63, 3.8) is 0 Å². The van der Waals surface area contributed by atoms with Crippen LogP contribution in [0, 0.1) is 23.7 Å². The molecular weight excluding hydrogens is 447 g/mol. The van der Waals surface area contributed by atoms with Crippen molar-refractivity contribution in [3.05, 3.63) is 48.6 Å². The van der Waals surface area contributed by atoms with Crippen LogP contribution in [-0.4, -0.2) is 5.49 Å². The van der Waals surface area contributed by atoms with E-state index in [1.165, 1.54) is 20.2 Å². The molecule has 0 radical (unpaired) electrons. The topological polar surface area (TPSA) is 0 Å². The van der Waals surface area contributed by atoms with Crippen LogP contribution in [0.1, 0.15) is 25.7 Å². The Balaban J connectivity index is 1.64. The van der Waals surface area contributed by atoms with E-state index in [0.717, 1.165) is 23.7 Å². The fourth-order valence-corrected chi connectivity index (χ4v) is 39.6. The second-order valence-corrected chi connectivity index (χ2v) is 33.9. The van der Waals surface area contributed by atoms with E-state index in [4.69, 9.17) is 0 Å². The summed E-state index contributed by atoms with van der Waals surface area (Å²) in [6.45, 7) is 5.36. The van der Waals surface area contributed by atoms with Gasteiger partial charge in [-0.2, -0.15) is 0 Å². The second kappa shape index (κ2) is 6.51. The molecule has 116 valence electrons. The van der Waals surface area contributed by atoms with E-state index >= 15 is 0 Å². The zero-order chi connectivity index (χ0) is 15.1. The predicted molar refractivity (Wildman–Crippen MR) is 94.0 cm³/mol. The third-order valence-corrected chi connectivity index (χ3v) is 36.8. The van der Waals surface area contributed by atoms with Gasteiger partial charge in [-0.3, -0.25) is 0 Å². The molecule has 0 saturated heterocycles. The maximum absolute atomic E-state index is 2.68. The van der Waals surface area contributed by atoms with Crippen molar-refractivity contribution in [2.75, 3.05) is 0 Å². The Bertz CT molecular complexity index is 545. The standard InChI is InChI=1S/2C9H11.C2H6Si.Hf/c2*1-2-5-9-7-3-6-8(9)4-1;1-3-2;/h2*1-2,4-6,8-9H,3,7H2;1-2H3;. The number of fused-ring (bicyclic) bond motifs is 2. The molecule has 22 heavy (non-hydrogen) atoms. The fourth-order valence-electron chi connectivity index (χ4n) is 5.65. The van der Waals surface area contributed by atoms with E-state index in [0.29, 0.717) is 0 Å². The molecule has 0 nitrogen and oxygen atoms in total. The first-order valence-corrected chi connectivity index (χ1v) is 21.2. The molecule has 0 spiro atoms. The Morgan fingerprint density at radius 2 is 1.14 bits per heavy atom. The molecule has 2 heteroatoms. The molecule has 0 N–H and O–H groups in total. The van der Waals surface area contributed by atoms with E-state index in [1.807, 2.05) is 0 Å². The molecule has 4 rings (SSSR count). The van der Waals surface area contributed by atoms with Crippen LogP contribution in [0.4, 0.5) is 0 Å². The van der Waals surface area contributed by atoms with E-state index in [9.17, 15) is 0 Å². The van der Waals surface area contributed by atoms with Gasteiger partial charge < -0.3 is 0 Å². The monoisotopic (exact) mass is 476 g/mol. The van der Waals surface area contributed by atoms with Crippen LogP contribution in [0.3, 0.4) is 0 Å². The van der Waals surface area contributed by atoms with Crippen molar-refractivity contribution < 1.29 is 20.1 Å². The van der Waals surface area contributed by atoms with Gasteiger partial charge in [-0.05, 0) is 0 Å². The summed E-state index contributed by atoms with van der Waals surface area (Å²) < 4.78 is 2.34. The van der Waals surface area contributed by atoms with Crippen LogP contribution in [-0.2, 0) is 20.1 Å². The summed E-state index contributed by atoms with van der Waals surface area (Å²) >= 11 is -1.56. The summed E-state index contributed by atoms with van der Waals surface area (Å²) in [7, 11) is 0. The molecule has 0 aromatic heterocycles. The maximum atomic E-state index is 2.68. The predicted octanol–water partition coefficient (Wildman–Crippen LogP) is 5.74. The van der Waals surface area contributed by atoms with Gasteiger partial charge in [0, 0.05) is 0 Å². The van der Waals surface area contributed by atoms with Gasteiger partial charge in [0.1, 0.15) is 0 Å². The van der Waals surface area contributed by atoms with Crippen molar-refractivity contribution in [3.8, 4) is 0 Å². The molecule has 6 unspecified atom stereocenters. The Kier molecular flexibility index (Phi) is 4.61. The van der Waals surface area contributed by atoms with Crippen molar-refractivity contribution in [1.82, 2.24) is 0 Å². The summed E-state index contributed by atoms with van der Waals surface area (Å²) in [5, 5.41) is 0. The zero-order valence-electron chi connectivity index (χ0n) is 13.9. The SMILES string of the molecule is C[Si](C)=[Hf]([CH]1CCC2C=CC=CC21)[CH]1CCC2C=CC=CC21. The van der Waals surface area contributed by atoms with Crippen molar-refractivity contribution in [2.45, 2.75) is 46.1 Å². The summed E-state index contributed by atoms with van der Waals surface area (Å²) in [5.41, 5.74) is -0.0408. The molecule has 4 aliphatic rings. The van der Waals surface area contributed by atoms with Gasteiger partial charge in [-0.1, -0.05) is 0 Å². The Morgan fingerprint density at radius 1 is 0.682 bits per heavy atom. The fraction of sp³-hybridized carbons (Fsp3) is 0.600. The van der Waals surface area contributed by atoms with Gasteiger partial charge in [0.25, 0.3) is 0 Å². The average Bonchev–Trinajstić information content (AvgIpc) is 3.13. The molecule has 4 aliphatic carbocycles. The van der Waals surface area contributed by atoms with E-state index in [1.54, 1.807) is 12.8 Å². The minimum atomic E-state index is -1.56. The molecule has 6 atom stereocenters. The molecule has 0 aliphatic heterocycles. The molecule has 0 heterocycles. The number of hydrogen-bond acceptors (Lipinski definition) is 0. The van der Waals surface area contributed by atoms with Crippen LogP contribution in [0.25, 0.3) is 0 Å². The first-order valence-electron chi connectivity index (χ1n) is 9.13. The Hall–Kier alpha value is 0.0470. The van der Waals surface area contributed by atoms with Gasteiger partial charge in [0.15, 0.2) is 0 Å². The quantitative estimate of drug-likeness (QED) is 0.448. The van der Waals surface area contributed by atoms with Gasteiger partial charge >= 0.3 is 144 Å². The summed E-state index contributed by atoms with van der Waals surface area (Å²) in [5.74, 6) is 3.68. The number of rotatable bonds is 2. The molecule has 0 bridgehead atoms. The van der Waals surface area contributed by atoms with Crippen molar-refractivity contribution in [1.29, 1.82) is 0 Å². The van der Waals surface area contributed by atoms with Crippen molar-refractivity contribution >= 4 is 5.49 Å². The first kappa shape index (κ1) is 15.6. The molecule has 0 aromatic rings. The summed E-state index contributed by atoms with van der Waals surface area (Å²) in [6.07, 6.45) is 25.6. The zero-order valence-corrected chi connectivity index (χ0v) is 18.5. The second-order valence-electron chi connectivity index (χ2n) is 7.85.